The van der Waals surface area contributed by atoms with Crippen LogP contribution < -0.4 is 5.32 Å². The minimum absolute atomic E-state index is 0.0155. The summed E-state index contributed by atoms with van der Waals surface area (Å²) in [4.78, 5) is 12.2. The van der Waals surface area contributed by atoms with Gasteiger partial charge in [0.25, 0.3) is 0 Å². The third-order valence-electron chi connectivity index (χ3n) is 4.04. The summed E-state index contributed by atoms with van der Waals surface area (Å²) in [5, 5.41) is 2.91. The number of sulfone groups is 1. The lowest BCUT2D eigenvalue weighted by Crippen LogP contribution is -2.39. The van der Waals surface area contributed by atoms with E-state index in [2.05, 4.69) is 5.32 Å². The van der Waals surface area contributed by atoms with E-state index in [1.165, 1.54) is 6.26 Å². The van der Waals surface area contributed by atoms with Crippen LogP contribution in [0, 0.1) is 5.92 Å². The molecule has 1 N–H and O–H groups in total. The maximum absolute atomic E-state index is 12.2. The lowest BCUT2D eigenvalue weighted by molar-refractivity contribution is -0.125. The van der Waals surface area contributed by atoms with Crippen LogP contribution in [0.2, 0.25) is 0 Å². The average molecular weight is 259 g/mol. The second kappa shape index (κ2) is 5.06. The van der Waals surface area contributed by atoms with E-state index in [0.717, 1.165) is 38.6 Å². The Morgan fingerprint density at radius 2 is 1.94 bits per heavy atom. The molecular formula is C12H21NO3S. The van der Waals surface area contributed by atoms with Crippen molar-refractivity contribution >= 4 is 15.6 Å². The Balaban J connectivity index is 1.99. The first-order chi connectivity index (χ1) is 7.98. The summed E-state index contributed by atoms with van der Waals surface area (Å²) in [6.07, 6.45) is 6.25. The second-order valence-electron chi connectivity index (χ2n) is 5.37. The van der Waals surface area contributed by atoms with Crippen molar-refractivity contribution in [2.45, 2.75) is 49.8 Å². The molecule has 17 heavy (non-hydrogen) atoms. The summed E-state index contributed by atoms with van der Waals surface area (Å²) in [5.41, 5.74) is 0. The third-order valence-corrected chi connectivity index (χ3v) is 5.68. The third kappa shape index (κ3) is 3.07. The van der Waals surface area contributed by atoms with Crippen molar-refractivity contribution in [1.82, 2.24) is 5.32 Å². The van der Waals surface area contributed by atoms with Crippen molar-refractivity contribution in [1.29, 1.82) is 0 Å². The van der Waals surface area contributed by atoms with Gasteiger partial charge in [-0.15, -0.1) is 0 Å². The van der Waals surface area contributed by atoms with Crippen LogP contribution in [0.3, 0.4) is 0 Å². The molecule has 0 bridgehead atoms. The summed E-state index contributed by atoms with van der Waals surface area (Å²) in [6, 6.07) is -0.0155. The summed E-state index contributed by atoms with van der Waals surface area (Å²) < 4.78 is 23.1. The Labute approximate surface area is 103 Å². The molecule has 0 amide bonds. The summed E-state index contributed by atoms with van der Waals surface area (Å²) in [6.45, 7) is 0.915. The van der Waals surface area contributed by atoms with Crippen LogP contribution in [0.4, 0.5) is 0 Å². The smallest absolute Gasteiger partial charge is 0.152 e. The SMILES string of the molecule is CS(=O)(=O)C1CCCC(C(=O)C2CCCN2)C1. The molecule has 0 spiro atoms. The van der Waals surface area contributed by atoms with E-state index >= 15 is 0 Å². The van der Waals surface area contributed by atoms with Crippen LogP contribution in [0.25, 0.3) is 0 Å². The molecule has 2 fully saturated rings. The van der Waals surface area contributed by atoms with E-state index in [1.807, 2.05) is 0 Å². The number of Topliss-reactive ketones (excluding diaryl/α,β-unsaturated/α-hetero) is 1. The van der Waals surface area contributed by atoms with E-state index in [1.54, 1.807) is 0 Å². The predicted molar refractivity (Wildman–Crippen MR) is 66.6 cm³/mol. The van der Waals surface area contributed by atoms with Crippen molar-refractivity contribution in [3.8, 4) is 0 Å². The second-order valence-corrected chi connectivity index (χ2v) is 7.69. The monoisotopic (exact) mass is 259 g/mol. The van der Waals surface area contributed by atoms with Crippen LogP contribution >= 0.6 is 0 Å². The van der Waals surface area contributed by atoms with Crippen molar-refractivity contribution < 1.29 is 13.2 Å². The van der Waals surface area contributed by atoms with Crippen molar-refractivity contribution in [2.24, 2.45) is 5.92 Å². The molecule has 98 valence electrons. The number of hydrogen-bond donors (Lipinski definition) is 1. The number of carbonyl (C=O) groups is 1. The van der Waals surface area contributed by atoms with Gasteiger partial charge in [-0.1, -0.05) is 6.42 Å². The van der Waals surface area contributed by atoms with E-state index in [0.29, 0.717) is 6.42 Å². The topological polar surface area (TPSA) is 63.2 Å². The summed E-state index contributed by atoms with van der Waals surface area (Å²) in [5.74, 6) is 0.204. The van der Waals surface area contributed by atoms with Gasteiger partial charge in [0.05, 0.1) is 11.3 Å². The molecule has 0 aromatic heterocycles. The fourth-order valence-corrected chi connectivity index (χ4v) is 4.18. The Morgan fingerprint density at radius 3 is 2.53 bits per heavy atom. The van der Waals surface area contributed by atoms with Crippen molar-refractivity contribution in [3.05, 3.63) is 0 Å². The highest BCUT2D eigenvalue weighted by Crippen LogP contribution is 2.30. The largest absolute Gasteiger partial charge is 0.307 e. The lowest BCUT2D eigenvalue weighted by atomic mass is 9.83. The van der Waals surface area contributed by atoms with Crippen LogP contribution in [0.15, 0.2) is 0 Å². The van der Waals surface area contributed by atoms with E-state index in [9.17, 15) is 13.2 Å². The molecule has 1 aliphatic carbocycles. The van der Waals surface area contributed by atoms with Gasteiger partial charge in [-0.3, -0.25) is 4.79 Å². The molecule has 1 saturated carbocycles. The molecule has 3 atom stereocenters. The minimum Gasteiger partial charge on any atom is -0.307 e. The van der Waals surface area contributed by atoms with Gasteiger partial charge >= 0.3 is 0 Å². The first kappa shape index (κ1) is 13.0. The molecule has 1 heterocycles. The number of rotatable bonds is 3. The predicted octanol–water partition coefficient (Wildman–Crippen LogP) is 0.911. The zero-order valence-electron chi connectivity index (χ0n) is 10.3. The van der Waals surface area contributed by atoms with Crippen LogP contribution in [-0.2, 0) is 14.6 Å². The molecule has 3 unspecified atom stereocenters. The molecule has 1 saturated heterocycles. The molecule has 5 heteroatoms. The fourth-order valence-electron chi connectivity index (χ4n) is 3.00. The molecule has 0 aromatic carbocycles. The van der Waals surface area contributed by atoms with Crippen LogP contribution in [0.5, 0.6) is 0 Å². The van der Waals surface area contributed by atoms with E-state index in [4.69, 9.17) is 0 Å². The average Bonchev–Trinajstić information content (AvgIpc) is 2.80. The standard InChI is InChI=1S/C12H21NO3S/c1-17(15,16)10-5-2-4-9(8-10)12(14)11-6-3-7-13-11/h9-11,13H,2-8H2,1H3. The molecule has 1 aliphatic heterocycles. The Kier molecular flexibility index (Phi) is 3.88. The minimum atomic E-state index is -2.99. The van der Waals surface area contributed by atoms with Gasteiger partial charge in [-0.05, 0) is 38.6 Å². The Bertz CT molecular complexity index is 385. The van der Waals surface area contributed by atoms with Crippen LogP contribution in [0.1, 0.15) is 38.5 Å². The number of ketones is 1. The first-order valence-electron chi connectivity index (χ1n) is 6.44. The molecule has 0 aromatic rings. The fraction of sp³-hybridized carbons (Fsp3) is 0.917. The molecular weight excluding hydrogens is 238 g/mol. The van der Waals surface area contributed by atoms with E-state index in [-0.39, 0.29) is 23.0 Å². The van der Waals surface area contributed by atoms with Gasteiger partial charge in [0.1, 0.15) is 9.84 Å². The lowest BCUT2D eigenvalue weighted by Gasteiger charge is -2.28. The number of carbonyl (C=O) groups excluding carboxylic acids is 1. The first-order valence-corrected chi connectivity index (χ1v) is 8.40. The van der Waals surface area contributed by atoms with Gasteiger partial charge in [0.2, 0.25) is 0 Å². The molecule has 4 nitrogen and oxygen atoms in total. The highest BCUT2D eigenvalue weighted by Gasteiger charge is 2.35. The number of hydrogen-bond acceptors (Lipinski definition) is 4. The van der Waals surface area contributed by atoms with Gasteiger partial charge in [0, 0.05) is 12.2 Å². The van der Waals surface area contributed by atoms with Crippen LogP contribution in [-0.4, -0.2) is 38.3 Å². The van der Waals surface area contributed by atoms with Gasteiger partial charge in [0.15, 0.2) is 5.78 Å². The Hall–Kier alpha value is -0.420. The Morgan fingerprint density at radius 1 is 1.18 bits per heavy atom. The van der Waals surface area contributed by atoms with Crippen molar-refractivity contribution in [3.63, 3.8) is 0 Å². The van der Waals surface area contributed by atoms with E-state index < -0.39 is 9.84 Å². The maximum Gasteiger partial charge on any atom is 0.152 e. The van der Waals surface area contributed by atoms with Gasteiger partial charge in [-0.25, -0.2) is 8.42 Å². The van der Waals surface area contributed by atoms with Crippen molar-refractivity contribution in [2.75, 3.05) is 12.8 Å². The van der Waals surface area contributed by atoms with Gasteiger partial charge in [-0.2, -0.15) is 0 Å². The molecule has 2 rings (SSSR count). The number of nitrogens with one attached hydrogen (secondary N) is 1. The zero-order chi connectivity index (χ0) is 12.5. The highest BCUT2D eigenvalue weighted by atomic mass is 32.2. The van der Waals surface area contributed by atoms with Gasteiger partial charge < -0.3 is 5.32 Å². The summed E-state index contributed by atoms with van der Waals surface area (Å²) in [7, 11) is -2.99. The zero-order valence-corrected chi connectivity index (χ0v) is 11.1. The normalized spacial score (nSPS) is 34.8. The maximum atomic E-state index is 12.2. The quantitative estimate of drug-likeness (QED) is 0.818. The highest BCUT2D eigenvalue weighted by molar-refractivity contribution is 7.91. The summed E-state index contributed by atoms with van der Waals surface area (Å²) >= 11 is 0. The molecule has 2 aliphatic rings. The molecule has 0 radical (unpaired) electrons.